The zero-order chi connectivity index (χ0) is 18.3. The molecule has 0 bridgehead atoms. The highest BCUT2D eigenvalue weighted by molar-refractivity contribution is 6.35. The normalized spacial score (nSPS) is 17.5. The highest BCUT2D eigenvalue weighted by Gasteiger charge is 2.27. The van der Waals surface area contributed by atoms with Crippen molar-refractivity contribution in [1.29, 1.82) is 5.26 Å². The predicted molar refractivity (Wildman–Crippen MR) is 95.7 cm³/mol. The molecule has 0 saturated carbocycles. The van der Waals surface area contributed by atoms with Crippen LogP contribution >= 0.6 is 11.6 Å². The molecule has 4 rings (SSSR count). The van der Waals surface area contributed by atoms with Gasteiger partial charge in [0.05, 0.1) is 40.6 Å². The maximum atomic E-state index is 12.4. The van der Waals surface area contributed by atoms with Crippen LogP contribution in [0, 0.1) is 11.3 Å². The lowest BCUT2D eigenvalue weighted by atomic mass is 10.1. The van der Waals surface area contributed by atoms with Crippen LogP contribution in [-0.4, -0.2) is 47.1 Å². The summed E-state index contributed by atoms with van der Waals surface area (Å²) in [4.78, 5) is 13.7. The molecular weight excluding hydrogens is 362 g/mol. The standard InChI is InChI=1S/C17H15ClF2N6/c18-12-5-24-17-15(11-3-10(4-21)22-6-13(11)25-17)16(12)26-2-1-9(8-26)23-7-14(19)20/h3,5-6,9,14,23H,1-2,7-8H2,(H,24,25). The molecule has 0 spiro atoms. The van der Waals surface area contributed by atoms with E-state index in [1.807, 2.05) is 6.07 Å². The first kappa shape index (κ1) is 16.9. The van der Waals surface area contributed by atoms with Crippen LogP contribution < -0.4 is 10.2 Å². The Labute approximate surface area is 152 Å². The molecule has 1 fully saturated rings. The monoisotopic (exact) mass is 376 g/mol. The number of hydrogen-bond donors (Lipinski definition) is 2. The van der Waals surface area contributed by atoms with Crippen LogP contribution in [-0.2, 0) is 0 Å². The third-order valence-corrected chi connectivity index (χ3v) is 4.89. The molecule has 0 radical (unpaired) electrons. The molecule has 1 aliphatic rings. The van der Waals surface area contributed by atoms with Crippen molar-refractivity contribution in [3.05, 3.63) is 29.2 Å². The highest BCUT2D eigenvalue weighted by Crippen LogP contribution is 2.39. The largest absolute Gasteiger partial charge is 0.368 e. The lowest BCUT2D eigenvalue weighted by Crippen LogP contribution is -2.35. The molecule has 1 aliphatic heterocycles. The molecule has 3 aromatic rings. The molecule has 9 heteroatoms. The highest BCUT2D eigenvalue weighted by atomic mass is 35.5. The predicted octanol–water partition coefficient (Wildman–Crippen LogP) is 3.07. The fraction of sp³-hybridized carbons (Fsp3) is 0.353. The number of nitriles is 1. The van der Waals surface area contributed by atoms with Crippen LogP contribution in [0.1, 0.15) is 12.1 Å². The summed E-state index contributed by atoms with van der Waals surface area (Å²) in [6, 6.07) is 3.72. The zero-order valence-corrected chi connectivity index (χ0v) is 14.4. The molecule has 0 amide bonds. The molecule has 26 heavy (non-hydrogen) atoms. The number of rotatable bonds is 4. The van der Waals surface area contributed by atoms with Gasteiger partial charge in [-0.1, -0.05) is 11.6 Å². The number of fused-ring (bicyclic) bond motifs is 3. The van der Waals surface area contributed by atoms with Gasteiger partial charge in [0.2, 0.25) is 0 Å². The van der Waals surface area contributed by atoms with Gasteiger partial charge in [0.15, 0.2) is 0 Å². The average Bonchev–Trinajstić information content (AvgIpc) is 3.24. The molecule has 4 heterocycles. The smallest absolute Gasteiger partial charge is 0.250 e. The van der Waals surface area contributed by atoms with E-state index in [1.165, 1.54) is 0 Å². The van der Waals surface area contributed by atoms with Crippen LogP contribution in [0.25, 0.3) is 21.9 Å². The summed E-state index contributed by atoms with van der Waals surface area (Å²) in [5.41, 5.74) is 2.53. The summed E-state index contributed by atoms with van der Waals surface area (Å²) in [5.74, 6) is 0. The second-order valence-corrected chi connectivity index (χ2v) is 6.67. The Kier molecular flexibility index (Phi) is 4.34. The first-order valence-electron chi connectivity index (χ1n) is 8.19. The molecule has 1 saturated heterocycles. The lowest BCUT2D eigenvalue weighted by molar-refractivity contribution is 0.142. The summed E-state index contributed by atoms with van der Waals surface area (Å²) < 4.78 is 24.9. The minimum absolute atomic E-state index is 0.0233. The number of aromatic amines is 1. The number of alkyl halides is 2. The van der Waals surface area contributed by atoms with Gasteiger partial charge in [0.1, 0.15) is 17.4 Å². The van der Waals surface area contributed by atoms with Gasteiger partial charge in [-0.3, -0.25) is 0 Å². The van der Waals surface area contributed by atoms with Gasteiger partial charge in [0.25, 0.3) is 6.43 Å². The van der Waals surface area contributed by atoms with E-state index in [-0.39, 0.29) is 12.6 Å². The van der Waals surface area contributed by atoms with Crippen molar-refractivity contribution < 1.29 is 8.78 Å². The van der Waals surface area contributed by atoms with Gasteiger partial charge in [-0.25, -0.2) is 18.7 Å². The lowest BCUT2D eigenvalue weighted by Gasteiger charge is -2.21. The minimum Gasteiger partial charge on any atom is -0.368 e. The second-order valence-electron chi connectivity index (χ2n) is 6.26. The summed E-state index contributed by atoms with van der Waals surface area (Å²) in [7, 11) is 0. The Bertz CT molecular complexity index is 1010. The minimum atomic E-state index is -2.37. The molecule has 6 nitrogen and oxygen atoms in total. The zero-order valence-electron chi connectivity index (χ0n) is 13.6. The number of H-pyrrole nitrogens is 1. The van der Waals surface area contributed by atoms with Gasteiger partial charge in [-0.2, -0.15) is 5.26 Å². The van der Waals surface area contributed by atoms with Gasteiger partial charge in [0, 0.05) is 24.5 Å². The fourth-order valence-electron chi connectivity index (χ4n) is 3.47. The Morgan fingerprint density at radius 3 is 3.04 bits per heavy atom. The first-order chi connectivity index (χ1) is 12.6. The Balaban J connectivity index is 1.77. The van der Waals surface area contributed by atoms with Gasteiger partial charge < -0.3 is 15.2 Å². The molecule has 0 aliphatic carbocycles. The summed E-state index contributed by atoms with van der Waals surface area (Å²) in [6.07, 6.45) is 1.56. The summed E-state index contributed by atoms with van der Waals surface area (Å²) >= 11 is 6.45. The van der Waals surface area contributed by atoms with E-state index in [1.54, 1.807) is 18.5 Å². The van der Waals surface area contributed by atoms with Crippen LogP contribution in [0.15, 0.2) is 18.5 Å². The number of nitrogens with one attached hydrogen (secondary N) is 2. The van der Waals surface area contributed by atoms with E-state index in [4.69, 9.17) is 16.9 Å². The number of halogens is 3. The number of anilines is 1. The third kappa shape index (κ3) is 2.93. The van der Waals surface area contributed by atoms with Crippen molar-refractivity contribution in [2.24, 2.45) is 0 Å². The topological polar surface area (TPSA) is 80.6 Å². The molecule has 3 aromatic heterocycles. The van der Waals surface area contributed by atoms with E-state index in [0.29, 0.717) is 29.5 Å². The van der Waals surface area contributed by atoms with Crippen molar-refractivity contribution in [2.75, 3.05) is 24.5 Å². The van der Waals surface area contributed by atoms with Crippen LogP contribution in [0.3, 0.4) is 0 Å². The van der Waals surface area contributed by atoms with Gasteiger partial charge in [-0.05, 0) is 12.5 Å². The second kappa shape index (κ2) is 6.67. The van der Waals surface area contributed by atoms with E-state index >= 15 is 0 Å². The molecule has 1 atom stereocenters. The number of nitrogens with zero attached hydrogens (tertiary/aromatic N) is 4. The number of hydrogen-bond acceptors (Lipinski definition) is 5. The van der Waals surface area contributed by atoms with E-state index in [2.05, 4.69) is 25.2 Å². The van der Waals surface area contributed by atoms with Crippen molar-refractivity contribution >= 4 is 39.2 Å². The van der Waals surface area contributed by atoms with Crippen LogP contribution in [0.2, 0.25) is 5.02 Å². The van der Waals surface area contributed by atoms with Gasteiger partial charge in [-0.15, -0.1) is 0 Å². The maximum Gasteiger partial charge on any atom is 0.250 e. The van der Waals surface area contributed by atoms with Crippen molar-refractivity contribution in [1.82, 2.24) is 20.3 Å². The molecule has 0 aromatic carbocycles. The average molecular weight is 377 g/mol. The quantitative estimate of drug-likeness (QED) is 0.731. The van der Waals surface area contributed by atoms with Crippen LogP contribution in [0.5, 0.6) is 0 Å². The fourth-order valence-corrected chi connectivity index (χ4v) is 3.74. The SMILES string of the molecule is N#Cc1cc2c(cn1)[nH]c1ncc(Cl)c(N3CCC(NCC(F)F)C3)c12. The Morgan fingerprint density at radius 1 is 1.42 bits per heavy atom. The van der Waals surface area contributed by atoms with Crippen molar-refractivity contribution in [3.8, 4) is 6.07 Å². The molecular formula is C17H15ClF2N6. The molecule has 134 valence electrons. The van der Waals surface area contributed by atoms with E-state index in [0.717, 1.165) is 28.4 Å². The maximum absolute atomic E-state index is 12.4. The Morgan fingerprint density at radius 2 is 2.27 bits per heavy atom. The summed E-state index contributed by atoms with van der Waals surface area (Å²) in [5, 5.41) is 14.2. The van der Waals surface area contributed by atoms with Crippen molar-refractivity contribution in [3.63, 3.8) is 0 Å². The van der Waals surface area contributed by atoms with Crippen molar-refractivity contribution in [2.45, 2.75) is 18.9 Å². The van der Waals surface area contributed by atoms with E-state index < -0.39 is 6.43 Å². The first-order valence-corrected chi connectivity index (χ1v) is 8.57. The number of pyridine rings is 2. The summed E-state index contributed by atoms with van der Waals surface area (Å²) in [6.45, 7) is 0.958. The molecule has 1 unspecified atom stereocenters. The third-order valence-electron chi connectivity index (χ3n) is 4.61. The Hall–Kier alpha value is -2.50. The van der Waals surface area contributed by atoms with Crippen LogP contribution in [0.4, 0.5) is 14.5 Å². The molecule has 2 N–H and O–H groups in total. The van der Waals surface area contributed by atoms with E-state index in [9.17, 15) is 8.78 Å². The number of aromatic nitrogens is 3. The van der Waals surface area contributed by atoms with Gasteiger partial charge >= 0.3 is 0 Å².